The molecule has 2 heterocycles. The molecule has 0 saturated carbocycles. The number of halogens is 1. The van der Waals surface area contributed by atoms with Crippen molar-refractivity contribution in [3.05, 3.63) is 53.3 Å². The maximum atomic E-state index is 12.3. The van der Waals surface area contributed by atoms with Crippen molar-refractivity contribution >= 4 is 17.6 Å². The maximum absolute atomic E-state index is 12.3. The third-order valence-electron chi connectivity index (χ3n) is 4.87. The number of urea groups is 1. The number of piperidine rings is 1. The van der Waals surface area contributed by atoms with Crippen LogP contribution in [0.5, 0.6) is 0 Å². The molecule has 1 saturated heterocycles. The second-order valence-corrected chi connectivity index (χ2v) is 6.99. The molecule has 1 aliphatic heterocycles. The van der Waals surface area contributed by atoms with Crippen LogP contribution >= 0.6 is 11.6 Å². The number of nitrogens with zero attached hydrogens (tertiary/aromatic N) is 3. The van der Waals surface area contributed by atoms with E-state index in [1.807, 2.05) is 34.0 Å². The molecule has 0 spiro atoms. The molecule has 1 fully saturated rings. The van der Waals surface area contributed by atoms with Crippen molar-refractivity contribution in [1.82, 2.24) is 20.0 Å². The van der Waals surface area contributed by atoms with Crippen molar-refractivity contribution in [2.45, 2.75) is 31.7 Å². The van der Waals surface area contributed by atoms with E-state index in [0.29, 0.717) is 13.1 Å². The molecule has 6 heteroatoms. The summed E-state index contributed by atoms with van der Waals surface area (Å²) in [5.41, 5.74) is 1.40. The molecule has 24 heavy (non-hydrogen) atoms. The Morgan fingerprint density at radius 3 is 2.62 bits per heavy atom. The molecule has 0 atom stereocenters. The fourth-order valence-electron chi connectivity index (χ4n) is 3.17. The van der Waals surface area contributed by atoms with E-state index in [4.69, 9.17) is 11.6 Å². The first-order valence-corrected chi connectivity index (χ1v) is 8.71. The van der Waals surface area contributed by atoms with Gasteiger partial charge in [0.05, 0.1) is 6.54 Å². The lowest BCUT2D eigenvalue weighted by Gasteiger charge is -2.39. The van der Waals surface area contributed by atoms with Gasteiger partial charge in [-0.15, -0.1) is 0 Å². The Balaban J connectivity index is 1.48. The molecular weight excluding hydrogens is 324 g/mol. The average Bonchev–Trinajstić information content (AvgIpc) is 3.09. The third-order valence-corrected chi connectivity index (χ3v) is 5.12. The molecule has 0 aliphatic carbocycles. The first-order valence-electron chi connectivity index (χ1n) is 8.33. The summed E-state index contributed by atoms with van der Waals surface area (Å²) in [7, 11) is 0. The Morgan fingerprint density at radius 1 is 1.29 bits per heavy atom. The summed E-state index contributed by atoms with van der Waals surface area (Å²) in [6.07, 6.45) is 5.55. The maximum Gasteiger partial charge on any atom is 0.317 e. The molecule has 0 unspecified atom stereocenters. The molecule has 1 aromatic heterocycles. The molecule has 3 rings (SSSR count). The van der Waals surface area contributed by atoms with Crippen LogP contribution in [0.1, 0.15) is 25.3 Å². The molecular formula is C18H23ClN4O. The van der Waals surface area contributed by atoms with Crippen LogP contribution < -0.4 is 5.32 Å². The van der Waals surface area contributed by atoms with Crippen LogP contribution in [0, 0.1) is 0 Å². The van der Waals surface area contributed by atoms with Gasteiger partial charge in [0, 0.05) is 37.1 Å². The Labute approximate surface area is 147 Å². The minimum atomic E-state index is 0.0142. The van der Waals surface area contributed by atoms with Gasteiger partial charge >= 0.3 is 6.03 Å². The number of rotatable bonds is 4. The van der Waals surface area contributed by atoms with Crippen molar-refractivity contribution in [3.63, 3.8) is 0 Å². The second kappa shape index (κ2) is 7.26. The predicted molar refractivity (Wildman–Crippen MR) is 95.2 cm³/mol. The number of aromatic nitrogens is 2. The van der Waals surface area contributed by atoms with Gasteiger partial charge in [-0.05, 0) is 42.0 Å². The summed E-state index contributed by atoms with van der Waals surface area (Å²) in [5, 5.41) is 7.86. The number of amides is 2. The van der Waals surface area contributed by atoms with Crippen molar-refractivity contribution in [2.24, 2.45) is 0 Å². The molecule has 1 N–H and O–H groups in total. The van der Waals surface area contributed by atoms with Gasteiger partial charge < -0.3 is 10.2 Å². The van der Waals surface area contributed by atoms with Gasteiger partial charge in [-0.1, -0.05) is 30.7 Å². The van der Waals surface area contributed by atoms with Gasteiger partial charge in [0.25, 0.3) is 0 Å². The monoisotopic (exact) mass is 346 g/mol. The molecule has 1 aliphatic rings. The number of nitrogens with one attached hydrogen (secondary N) is 1. The van der Waals surface area contributed by atoms with Gasteiger partial charge in [-0.25, -0.2) is 4.79 Å². The topological polar surface area (TPSA) is 50.2 Å². The quantitative estimate of drug-likeness (QED) is 0.923. The summed E-state index contributed by atoms with van der Waals surface area (Å²) in [5.74, 6) is 0. The lowest BCUT2D eigenvalue weighted by atomic mass is 9.74. The van der Waals surface area contributed by atoms with Crippen LogP contribution in [0.4, 0.5) is 4.79 Å². The first kappa shape index (κ1) is 16.8. The van der Waals surface area contributed by atoms with Crippen LogP contribution in [-0.2, 0) is 12.0 Å². The molecule has 2 aromatic rings. The summed E-state index contributed by atoms with van der Waals surface area (Å²) < 4.78 is 1.81. The summed E-state index contributed by atoms with van der Waals surface area (Å²) in [4.78, 5) is 14.2. The number of carbonyl (C=O) groups excluding carboxylic acids is 1. The molecule has 2 amide bonds. The van der Waals surface area contributed by atoms with E-state index < -0.39 is 0 Å². The highest BCUT2D eigenvalue weighted by molar-refractivity contribution is 6.30. The van der Waals surface area contributed by atoms with Gasteiger partial charge in [0.1, 0.15) is 0 Å². The zero-order chi connectivity index (χ0) is 17.0. The minimum Gasteiger partial charge on any atom is -0.336 e. The summed E-state index contributed by atoms with van der Waals surface area (Å²) in [6.45, 7) is 5.09. The third kappa shape index (κ3) is 3.90. The van der Waals surface area contributed by atoms with E-state index in [2.05, 4.69) is 29.5 Å². The Morgan fingerprint density at radius 2 is 2.00 bits per heavy atom. The van der Waals surface area contributed by atoms with E-state index in [1.165, 1.54) is 5.56 Å². The zero-order valence-electron chi connectivity index (χ0n) is 13.9. The van der Waals surface area contributed by atoms with Crippen molar-refractivity contribution in [1.29, 1.82) is 0 Å². The van der Waals surface area contributed by atoms with Gasteiger partial charge in [0.15, 0.2) is 0 Å². The van der Waals surface area contributed by atoms with Gasteiger partial charge in [-0.3, -0.25) is 4.68 Å². The standard InChI is InChI=1S/C18H23ClN4O/c1-18(15-3-5-16(19)6-4-15)7-12-22(13-8-18)17(24)20-10-14-23-11-2-9-21-23/h2-6,9,11H,7-8,10,12-14H2,1H3,(H,20,24). The van der Waals surface area contributed by atoms with Crippen LogP contribution in [0.3, 0.4) is 0 Å². The van der Waals surface area contributed by atoms with Crippen LogP contribution in [0.25, 0.3) is 0 Å². The average molecular weight is 347 g/mol. The van der Waals surface area contributed by atoms with E-state index >= 15 is 0 Å². The van der Waals surface area contributed by atoms with Crippen LogP contribution in [0.2, 0.25) is 5.02 Å². The smallest absolute Gasteiger partial charge is 0.317 e. The molecule has 0 radical (unpaired) electrons. The number of carbonyl (C=O) groups is 1. The lowest BCUT2D eigenvalue weighted by molar-refractivity contribution is 0.162. The van der Waals surface area contributed by atoms with Gasteiger partial charge in [-0.2, -0.15) is 5.10 Å². The highest BCUT2D eigenvalue weighted by atomic mass is 35.5. The fraction of sp³-hybridized carbons (Fsp3) is 0.444. The summed E-state index contributed by atoms with van der Waals surface area (Å²) in [6, 6.07) is 9.97. The molecule has 1 aromatic carbocycles. The SMILES string of the molecule is CC1(c2ccc(Cl)cc2)CCN(C(=O)NCCn2cccn2)CC1. The highest BCUT2D eigenvalue weighted by Crippen LogP contribution is 2.35. The van der Waals surface area contributed by atoms with Crippen LogP contribution in [0.15, 0.2) is 42.7 Å². The van der Waals surface area contributed by atoms with E-state index in [-0.39, 0.29) is 11.4 Å². The zero-order valence-corrected chi connectivity index (χ0v) is 14.7. The number of likely N-dealkylation sites (tertiary alicyclic amines) is 1. The van der Waals surface area contributed by atoms with Crippen molar-refractivity contribution < 1.29 is 4.79 Å². The number of hydrogen-bond acceptors (Lipinski definition) is 2. The van der Waals surface area contributed by atoms with Crippen LogP contribution in [-0.4, -0.2) is 40.3 Å². The summed E-state index contributed by atoms with van der Waals surface area (Å²) >= 11 is 5.98. The van der Waals surface area contributed by atoms with E-state index in [0.717, 1.165) is 31.0 Å². The fourth-order valence-corrected chi connectivity index (χ4v) is 3.29. The minimum absolute atomic E-state index is 0.0142. The lowest BCUT2D eigenvalue weighted by Crippen LogP contribution is -2.48. The molecule has 0 bridgehead atoms. The highest BCUT2D eigenvalue weighted by Gasteiger charge is 2.33. The number of hydrogen-bond donors (Lipinski definition) is 1. The number of benzene rings is 1. The first-order chi connectivity index (χ1) is 11.6. The van der Waals surface area contributed by atoms with Crippen molar-refractivity contribution in [2.75, 3.05) is 19.6 Å². The van der Waals surface area contributed by atoms with E-state index in [1.54, 1.807) is 6.20 Å². The van der Waals surface area contributed by atoms with Gasteiger partial charge in [0.2, 0.25) is 0 Å². The Bertz CT molecular complexity index is 661. The molecule has 128 valence electrons. The largest absolute Gasteiger partial charge is 0.336 e. The predicted octanol–water partition coefficient (Wildman–Crippen LogP) is 3.30. The van der Waals surface area contributed by atoms with Crippen molar-refractivity contribution in [3.8, 4) is 0 Å². The normalized spacial score (nSPS) is 16.8. The molecule has 5 nitrogen and oxygen atoms in total. The second-order valence-electron chi connectivity index (χ2n) is 6.56. The Hall–Kier alpha value is -2.01. The Kier molecular flexibility index (Phi) is 5.09. The van der Waals surface area contributed by atoms with E-state index in [9.17, 15) is 4.79 Å².